The molecule has 0 saturated carbocycles. The number of nitrogen functional groups attached to an aromatic ring is 1. The third-order valence-electron chi connectivity index (χ3n) is 2.83. The molecule has 106 valence electrons. The highest BCUT2D eigenvalue weighted by molar-refractivity contribution is 5.94. The quantitative estimate of drug-likeness (QED) is 0.505. The minimum atomic E-state index is -0.400. The van der Waals surface area contributed by atoms with Gasteiger partial charge in [-0.15, -0.1) is 5.10 Å². The predicted molar refractivity (Wildman–Crippen MR) is 73.5 cm³/mol. The zero-order chi connectivity index (χ0) is 14.5. The Labute approximate surface area is 116 Å². The van der Waals surface area contributed by atoms with E-state index in [-0.39, 0.29) is 0 Å². The van der Waals surface area contributed by atoms with E-state index in [1.807, 2.05) is 6.92 Å². The monoisotopic (exact) mass is 275 g/mol. The Balaban J connectivity index is 2.34. The van der Waals surface area contributed by atoms with Crippen LogP contribution in [0.3, 0.4) is 0 Å². The standard InChI is InChI=1S/C13H17N5O2/c1-3-4-7-20-13(19)11-6-5-10(14)8-12(11)18-9(2)15-16-17-18/h5-6,8H,3-4,7,14H2,1-2H3. The number of nitrogens with two attached hydrogens (primary N) is 1. The average Bonchev–Trinajstić information content (AvgIpc) is 2.85. The Kier molecular flexibility index (Phi) is 4.29. The van der Waals surface area contributed by atoms with Crippen molar-refractivity contribution in [2.24, 2.45) is 0 Å². The van der Waals surface area contributed by atoms with Crippen molar-refractivity contribution < 1.29 is 9.53 Å². The molecule has 1 aromatic heterocycles. The van der Waals surface area contributed by atoms with Crippen LogP contribution in [0.5, 0.6) is 0 Å². The maximum absolute atomic E-state index is 12.1. The van der Waals surface area contributed by atoms with Crippen LogP contribution in [0, 0.1) is 6.92 Å². The number of anilines is 1. The molecule has 20 heavy (non-hydrogen) atoms. The SMILES string of the molecule is CCCCOC(=O)c1ccc(N)cc1-n1nnnc1C. The minimum absolute atomic E-state index is 0.394. The second-order valence-corrected chi connectivity index (χ2v) is 4.40. The van der Waals surface area contributed by atoms with Gasteiger partial charge in [-0.2, -0.15) is 4.68 Å². The number of nitrogens with zero attached hydrogens (tertiary/aromatic N) is 4. The second-order valence-electron chi connectivity index (χ2n) is 4.40. The highest BCUT2D eigenvalue weighted by atomic mass is 16.5. The number of benzene rings is 1. The fourth-order valence-corrected chi connectivity index (χ4v) is 1.74. The van der Waals surface area contributed by atoms with Gasteiger partial charge >= 0.3 is 5.97 Å². The summed E-state index contributed by atoms with van der Waals surface area (Å²) in [6.45, 7) is 4.18. The average molecular weight is 275 g/mol. The molecule has 0 radical (unpaired) electrons. The molecule has 0 aliphatic heterocycles. The second kappa shape index (κ2) is 6.14. The summed E-state index contributed by atoms with van der Waals surface area (Å²) < 4.78 is 6.69. The zero-order valence-electron chi connectivity index (χ0n) is 11.5. The lowest BCUT2D eigenvalue weighted by Gasteiger charge is -2.10. The molecule has 0 unspecified atom stereocenters. The summed E-state index contributed by atoms with van der Waals surface area (Å²) in [6.07, 6.45) is 1.80. The molecule has 7 heteroatoms. The number of aromatic nitrogens is 4. The summed E-state index contributed by atoms with van der Waals surface area (Å²) in [6, 6.07) is 4.93. The molecule has 2 aromatic rings. The van der Waals surface area contributed by atoms with Gasteiger partial charge in [-0.3, -0.25) is 0 Å². The lowest BCUT2D eigenvalue weighted by molar-refractivity contribution is 0.0499. The number of tetrazole rings is 1. The van der Waals surface area contributed by atoms with Crippen LogP contribution in [0.25, 0.3) is 5.69 Å². The highest BCUT2D eigenvalue weighted by Crippen LogP contribution is 2.19. The van der Waals surface area contributed by atoms with Crippen molar-refractivity contribution >= 4 is 11.7 Å². The van der Waals surface area contributed by atoms with Crippen LogP contribution in [0.4, 0.5) is 5.69 Å². The summed E-state index contributed by atoms with van der Waals surface area (Å²) in [5.41, 5.74) is 7.22. The van der Waals surface area contributed by atoms with Crippen LogP contribution in [-0.4, -0.2) is 32.8 Å². The fourth-order valence-electron chi connectivity index (χ4n) is 1.74. The van der Waals surface area contributed by atoms with Gasteiger partial charge < -0.3 is 10.5 Å². The molecule has 2 N–H and O–H groups in total. The molecule has 0 aliphatic carbocycles. The van der Waals surface area contributed by atoms with Crippen molar-refractivity contribution in [3.05, 3.63) is 29.6 Å². The number of hydrogen-bond acceptors (Lipinski definition) is 6. The molecule has 0 saturated heterocycles. The Morgan fingerprint density at radius 3 is 2.90 bits per heavy atom. The molecule has 0 aliphatic rings. The Morgan fingerprint density at radius 1 is 1.45 bits per heavy atom. The fraction of sp³-hybridized carbons (Fsp3) is 0.385. The lowest BCUT2D eigenvalue weighted by atomic mass is 10.1. The van der Waals surface area contributed by atoms with Gasteiger partial charge in [-0.25, -0.2) is 4.79 Å². The number of carbonyl (C=O) groups excluding carboxylic acids is 1. The summed E-state index contributed by atoms with van der Waals surface area (Å²) in [5, 5.41) is 11.2. The van der Waals surface area contributed by atoms with Gasteiger partial charge in [0.05, 0.1) is 17.9 Å². The number of aryl methyl sites for hydroxylation is 1. The molecule has 0 amide bonds. The first kappa shape index (κ1) is 14.0. The van der Waals surface area contributed by atoms with Crippen LogP contribution in [0.2, 0.25) is 0 Å². The van der Waals surface area contributed by atoms with Crippen LogP contribution >= 0.6 is 0 Å². The number of ether oxygens (including phenoxy) is 1. The molecule has 0 bridgehead atoms. The first-order chi connectivity index (χ1) is 9.63. The van der Waals surface area contributed by atoms with E-state index in [0.717, 1.165) is 12.8 Å². The minimum Gasteiger partial charge on any atom is -0.462 e. The molecular weight excluding hydrogens is 258 g/mol. The number of hydrogen-bond donors (Lipinski definition) is 1. The van der Waals surface area contributed by atoms with E-state index in [1.54, 1.807) is 25.1 Å². The topological polar surface area (TPSA) is 95.9 Å². The molecule has 2 rings (SSSR count). The molecule has 1 aromatic carbocycles. The molecule has 1 heterocycles. The Hall–Kier alpha value is -2.44. The summed E-state index contributed by atoms with van der Waals surface area (Å²) in [5.74, 6) is 0.168. The van der Waals surface area contributed by atoms with Crippen molar-refractivity contribution in [2.75, 3.05) is 12.3 Å². The van der Waals surface area contributed by atoms with E-state index in [9.17, 15) is 4.79 Å². The largest absolute Gasteiger partial charge is 0.462 e. The smallest absolute Gasteiger partial charge is 0.340 e. The molecular formula is C13H17N5O2. The van der Waals surface area contributed by atoms with E-state index in [4.69, 9.17) is 10.5 Å². The highest BCUT2D eigenvalue weighted by Gasteiger charge is 2.17. The number of rotatable bonds is 5. The molecule has 0 fully saturated rings. The van der Waals surface area contributed by atoms with E-state index in [0.29, 0.717) is 29.4 Å². The van der Waals surface area contributed by atoms with E-state index < -0.39 is 5.97 Å². The van der Waals surface area contributed by atoms with Crippen LogP contribution in [0.1, 0.15) is 35.9 Å². The van der Waals surface area contributed by atoms with Gasteiger partial charge in [0.2, 0.25) is 0 Å². The zero-order valence-corrected chi connectivity index (χ0v) is 11.5. The van der Waals surface area contributed by atoms with Gasteiger partial charge in [0.25, 0.3) is 0 Å². The lowest BCUT2D eigenvalue weighted by Crippen LogP contribution is -2.12. The van der Waals surface area contributed by atoms with Crippen molar-refractivity contribution in [1.82, 2.24) is 20.2 Å². The molecule has 7 nitrogen and oxygen atoms in total. The van der Waals surface area contributed by atoms with Gasteiger partial charge in [0.1, 0.15) is 0 Å². The maximum atomic E-state index is 12.1. The van der Waals surface area contributed by atoms with Crippen molar-refractivity contribution in [2.45, 2.75) is 26.7 Å². The normalized spacial score (nSPS) is 10.5. The van der Waals surface area contributed by atoms with Crippen LogP contribution in [-0.2, 0) is 4.74 Å². The number of carbonyl (C=O) groups is 1. The maximum Gasteiger partial charge on any atom is 0.340 e. The summed E-state index contributed by atoms with van der Waals surface area (Å²) in [4.78, 5) is 12.1. The third-order valence-corrected chi connectivity index (χ3v) is 2.83. The van der Waals surface area contributed by atoms with Gasteiger partial charge in [-0.1, -0.05) is 13.3 Å². The summed E-state index contributed by atoms with van der Waals surface area (Å²) >= 11 is 0. The third kappa shape index (κ3) is 2.93. The first-order valence-electron chi connectivity index (χ1n) is 6.45. The van der Waals surface area contributed by atoms with Crippen molar-refractivity contribution in [3.8, 4) is 5.69 Å². The van der Waals surface area contributed by atoms with E-state index in [1.165, 1.54) is 4.68 Å². The van der Waals surface area contributed by atoms with Crippen LogP contribution < -0.4 is 5.73 Å². The van der Waals surface area contributed by atoms with Crippen molar-refractivity contribution in [1.29, 1.82) is 0 Å². The molecule has 0 spiro atoms. The van der Waals surface area contributed by atoms with Crippen molar-refractivity contribution in [3.63, 3.8) is 0 Å². The van der Waals surface area contributed by atoms with E-state index in [2.05, 4.69) is 15.5 Å². The van der Waals surface area contributed by atoms with E-state index >= 15 is 0 Å². The van der Waals surface area contributed by atoms with Gasteiger partial charge in [0, 0.05) is 5.69 Å². The number of unbranched alkanes of at least 4 members (excludes halogenated alkanes) is 1. The Bertz CT molecular complexity index is 609. The first-order valence-corrected chi connectivity index (χ1v) is 6.45. The summed E-state index contributed by atoms with van der Waals surface area (Å²) in [7, 11) is 0. The van der Waals surface area contributed by atoms with Gasteiger partial charge in [0.15, 0.2) is 5.82 Å². The van der Waals surface area contributed by atoms with Gasteiger partial charge in [-0.05, 0) is 42.0 Å². The van der Waals surface area contributed by atoms with Crippen LogP contribution in [0.15, 0.2) is 18.2 Å². The number of esters is 1. The predicted octanol–water partition coefficient (Wildman–Crippen LogP) is 1.51. The molecule has 0 atom stereocenters. The Morgan fingerprint density at radius 2 is 2.25 bits per heavy atom.